The van der Waals surface area contributed by atoms with Crippen LogP contribution in [0.3, 0.4) is 0 Å². The zero-order valence-electron chi connectivity index (χ0n) is 12.0. The molecular weight excluding hydrogens is 262 g/mol. The molecule has 1 heterocycles. The van der Waals surface area contributed by atoms with Gasteiger partial charge in [-0.3, -0.25) is 4.68 Å². The molecule has 0 saturated heterocycles. The van der Waals surface area contributed by atoms with Crippen LogP contribution in [0.15, 0.2) is 6.20 Å². The summed E-state index contributed by atoms with van der Waals surface area (Å²) in [7, 11) is 1.88. The third-order valence-electron chi connectivity index (χ3n) is 4.22. The second kappa shape index (κ2) is 5.81. The molecule has 0 spiro atoms. The molecule has 0 aromatic carbocycles. The summed E-state index contributed by atoms with van der Waals surface area (Å²) < 4.78 is 7.88. The van der Waals surface area contributed by atoms with Gasteiger partial charge in [0.2, 0.25) is 0 Å². The molecule has 1 aromatic heterocycles. The van der Waals surface area contributed by atoms with E-state index < -0.39 is 0 Å². The molecule has 5 heteroatoms. The van der Waals surface area contributed by atoms with E-state index in [1.165, 1.54) is 6.42 Å². The largest absolute Gasteiger partial charge is 0.373 e. The van der Waals surface area contributed by atoms with Gasteiger partial charge in [-0.15, -0.1) is 0 Å². The van der Waals surface area contributed by atoms with Crippen molar-refractivity contribution in [3.8, 4) is 0 Å². The van der Waals surface area contributed by atoms with E-state index in [0.717, 1.165) is 25.0 Å². The molecular formula is C14H24ClN3O. The first-order valence-electron chi connectivity index (χ1n) is 7.07. The Morgan fingerprint density at radius 2 is 2.42 bits per heavy atom. The molecule has 108 valence electrons. The molecule has 2 N–H and O–H groups in total. The lowest BCUT2D eigenvalue weighted by Gasteiger charge is -2.43. The Morgan fingerprint density at radius 3 is 2.95 bits per heavy atom. The third-order valence-corrected chi connectivity index (χ3v) is 4.51. The average molecular weight is 286 g/mol. The maximum absolute atomic E-state index is 6.53. The summed E-state index contributed by atoms with van der Waals surface area (Å²) in [5, 5.41) is 4.82. The van der Waals surface area contributed by atoms with Crippen LogP contribution in [0, 0.1) is 5.92 Å². The number of halogens is 1. The maximum Gasteiger partial charge on any atom is 0.0892 e. The smallest absolute Gasteiger partial charge is 0.0892 e. The van der Waals surface area contributed by atoms with Crippen LogP contribution >= 0.6 is 11.6 Å². The molecule has 1 saturated carbocycles. The number of hydrogen-bond donors (Lipinski definition) is 1. The van der Waals surface area contributed by atoms with Crippen LogP contribution in [0.4, 0.5) is 0 Å². The summed E-state index contributed by atoms with van der Waals surface area (Å²) in [6.45, 7) is 4.97. The molecule has 1 aliphatic carbocycles. The highest BCUT2D eigenvalue weighted by molar-refractivity contribution is 6.31. The van der Waals surface area contributed by atoms with Crippen molar-refractivity contribution in [3.63, 3.8) is 0 Å². The monoisotopic (exact) mass is 285 g/mol. The minimum atomic E-state index is -0.302. The van der Waals surface area contributed by atoms with E-state index in [1.807, 2.05) is 14.0 Å². The van der Waals surface area contributed by atoms with Crippen LogP contribution < -0.4 is 5.73 Å². The van der Waals surface area contributed by atoms with E-state index in [2.05, 4.69) is 12.0 Å². The van der Waals surface area contributed by atoms with Gasteiger partial charge in [0.25, 0.3) is 0 Å². The summed E-state index contributed by atoms with van der Waals surface area (Å²) in [6.07, 6.45) is 6.05. The van der Waals surface area contributed by atoms with Gasteiger partial charge in [-0.25, -0.2) is 0 Å². The van der Waals surface area contributed by atoms with E-state index in [4.69, 9.17) is 22.1 Å². The van der Waals surface area contributed by atoms with Crippen molar-refractivity contribution in [3.05, 3.63) is 16.9 Å². The summed E-state index contributed by atoms with van der Waals surface area (Å²) in [6, 6.07) is -0.227. The van der Waals surface area contributed by atoms with Crippen molar-refractivity contribution in [1.82, 2.24) is 9.78 Å². The van der Waals surface area contributed by atoms with Gasteiger partial charge >= 0.3 is 0 Å². The number of ether oxygens (including phenoxy) is 1. The fourth-order valence-corrected chi connectivity index (χ4v) is 3.64. The molecule has 3 atom stereocenters. The molecule has 0 radical (unpaired) electrons. The predicted octanol–water partition coefficient (Wildman–Crippen LogP) is 3.06. The zero-order valence-corrected chi connectivity index (χ0v) is 12.8. The highest BCUT2D eigenvalue weighted by Gasteiger charge is 2.43. The van der Waals surface area contributed by atoms with E-state index >= 15 is 0 Å². The second-order valence-corrected chi connectivity index (χ2v) is 6.09. The molecule has 19 heavy (non-hydrogen) atoms. The van der Waals surface area contributed by atoms with Crippen molar-refractivity contribution in [2.24, 2.45) is 18.7 Å². The van der Waals surface area contributed by atoms with Crippen molar-refractivity contribution < 1.29 is 4.74 Å². The van der Waals surface area contributed by atoms with Crippen molar-refractivity contribution >= 4 is 11.6 Å². The van der Waals surface area contributed by atoms with Gasteiger partial charge < -0.3 is 10.5 Å². The molecule has 0 bridgehead atoms. The Balaban J connectivity index is 2.33. The lowest BCUT2D eigenvalue weighted by molar-refractivity contribution is -0.0951. The fourth-order valence-electron chi connectivity index (χ4n) is 3.35. The number of aromatic nitrogens is 2. The Hall–Kier alpha value is -0.580. The number of aryl methyl sites for hydroxylation is 1. The number of rotatable bonds is 4. The van der Waals surface area contributed by atoms with Gasteiger partial charge in [0.05, 0.1) is 28.6 Å². The van der Waals surface area contributed by atoms with E-state index in [0.29, 0.717) is 17.5 Å². The quantitative estimate of drug-likeness (QED) is 0.925. The summed E-state index contributed by atoms with van der Waals surface area (Å²) in [5.41, 5.74) is 7.11. The number of nitrogens with two attached hydrogens (primary N) is 1. The van der Waals surface area contributed by atoms with E-state index in [1.54, 1.807) is 10.9 Å². The Labute approximate surface area is 120 Å². The maximum atomic E-state index is 6.53. The van der Waals surface area contributed by atoms with E-state index in [-0.39, 0.29) is 11.6 Å². The van der Waals surface area contributed by atoms with Crippen molar-refractivity contribution in [2.75, 3.05) is 6.61 Å². The highest BCUT2D eigenvalue weighted by Crippen LogP contribution is 2.43. The first kappa shape index (κ1) is 14.8. The van der Waals surface area contributed by atoms with Gasteiger partial charge in [-0.2, -0.15) is 5.10 Å². The van der Waals surface area contributed by atoms with Crippen LogP contribution in [0.5, 0.6) is 0 Å². The first-order valence-corrected chi connectivity index (χ1v) is 7.45. The van der Waals surface area contributed by atoms with Gasteiger partial charge in [0.15, 0.2) is 0 Å². The normalized spacial score (nSPS) is 29.4. The summed E-state index contributed by atoms with van der Waals surface area (Å²) in [5.74, 6) is 0.637. The average Bonchev–Trinajstić information content (AvgIpc) is 2.68. The van der Waals surface area contributed by atoms with Gasteiger partial charge in [0, 0.05) is 13.7 Å². The minimum Gasteiger partial charge on any atom is -0.373 e. The molecule has 0 aliphatic heterocycles. The molecule has 1 fully saturated rings. The zero-order chi connectivity index (χ0) is 14.0. The molecule has 1 aliphatic rings. The molecule has 4 nitrogen and oxygen atoms in total. The Morgan fingerprint density at radius 1 is 1.68 bits per heavy atom. The lowest BCUT2D eigenvalue weighted by Crippen LogP contribution is -2.48. The van der Waals surface area contributed by atoms with Crippen LogP contribution in [0.2, 0.25) is 5.02 Å². The fraction of sp³-hybridized carbons (Fsp3) is 0.786. The number of nitrogens with zero attached hydrogens (tertiary/aromatic N) is 2. The van der Waals surface area contributed by atoms with Gasteiger partial charge in [0.1, 0.15) is 0 Å². The predicted molar refractivity (Wildman–Crippen MR) is 77.1 cm³/mol. The SMILES string of the molecule is CCOC1(C(N)c2c(Cl)cnn2C)CCCC(C)C1. The number of hydrogen-bond acceptors (Lipinski definition) is 3. The summed E-state index contributed by atoms with van der Waals surface area (Å²) >= 11 is 6.24. The molecule has 0 amide bonds. The topological polar surface area (TPSA) is 53.1 Å². The second-order valence-electron chi connectivity index (χ2n) is 5.68. The van der Waals surface area contributed by atoms with Gasteiger partial charge in [-0.1, -0.05) is 31.4 Å². The first-order chi connectivity index (χ1) is 9.00. The van der Waals surface area contributed by atoms with Gasteiger partial charge in [-0.05, 0) is 25.7 Å². The van der Waals surface area contributed by atoms with E-state index in [9.17, 15) is 0 Å². The molecule has 2 rings (SSSR count). The third kappa shape index (κ3) is 2.81. The Bertz CT molecular complexity index is 411. The van der Waals surface area contributed by atoms with Crippen LogP contribution in [-0.2, 0) is 11.8 Å². The van der Waals surface area contributed by atoms with Crippen LogP contribution in [-0.4, -0.2) is 22.0 Å². The minimum absolute atomic E-state index is 0.227. The van der Waals surface area contributed by atoms with Crippen LogP contribution in [0.25, 0.3) is 0 Å². The lowest BCUT2D eigenvalue weighted by atomic mass is 9.74. The Kier molecular flexibility index (Phi) is 4.54. The van der Waals surface area contributed by atoms with Crippen LogP contribution in [0.1, 0.15) is 51.3 Å². The molecule has 3 unspecified atom stereocenters. The standard InChI is InChI=1S/C14H24ClN3O/c1-4-19-14(7-5-6-10(2)8-14)13(16)12-11(15)9-17-18(12)3/h9-10,13H,4-8,16H2,1-3H3. The van der Waals surface area contributed by atoms with Crippen molar-refractivity contribution in [1.29, 1.82) is 0 Å². The van der Waals surface area contributed by atoms with Crippen molar-refractivity contribution in [2.45, 2.75) is 51.2 Å². The molecule has 1 aromatic rings. The highest BCUT2D eigenvalue weighted by atomic mass is 35.5. The summed E-state index contributed by atoms with van der Waals surface area (Å²) in [4.78, 5) is 0.